The summed E-state index contributed by atoms with van der Waals surface area (Å²) in [6, 6.07) is 8.63. The van der Waals surface area contributed by atoms with E-state index in [-0.39, 0.29) is 46.5 Å². The number of halogens is 2. The number of unbranched alkanes of at least 4 members (excludes halogenated alkanes) is 1. The van der Waals surface area contributed by atoms with Crippen molar-refractivity contribution in [3.8, 4) is 0 Å². The van der Waals surface area contributed by atoms with Crippen LogP contribution in [0.2, 0.25) is 0 Å². The minimum absolute atomic E-state index is 0. The van der Waals surface area contributed by atoms with Gasteiger partial charge in [0.1, 0.15) is 0 Å². The molecule has 0 heterocycles. The molecule has 128 valence electrons. The predicted molar refractivity (Wildman–Crippen MR) is 90.6 cm³/mol. The molecule has 0 aromatic heterocycles. The summed E-state index contributed by atoms with van der Waals surface area (Å²) in [5.41, 5.74) is 13.7. The summed E-state index contributed by atoms with van der Waals surface area (Å²) in [5, 5.41) is 0. The summed E-state index contributed by atoms with van der Waals surface area (Å²) in [5.74, 6) is 0. The van der Waals surface area contributed by atoms with Gasteiger partial charge in [0.2, 0.25) is 0 Å². The molecule has 4 heteroatoms. The summed E-state index contributed by atoms with van der Waals surface area (Å²) < 4.78 is 0. The van der Waals surface area contributed by atoms with Crippen LogP contribution >= 0.6 is 0 Å². The van der Waals surface area contributed by atoms with Gasteiger partial charge < -0.3 is 30.5 Å². The van der Waals surface area contributed by atoms with E-state index in [1.807, 2.05) is 0 Å². The molecule has 0 saturated heterocycles. The van der Waals surface area contributed by atoms with Gasteiger partial charge in [-0.1, -0.05) is 55.6 Å². The SMILES string of the molecule is CCCC[NH-].C[CH-]c1ccccc1C1=C(C)C=C(C)C1.[Cl-].[Cl-].[Ti+2]. The summed E-state index contributed by atoms with van der Waals surface area (Å²) >= 11 is 0. The Labute approximate surface area is 169 Å². The molecule has 1 aliphatic carbocycles. The largest absolute Gasteiger partial charge is 2.00 e. The van der Waals surface area contributed by atoms with Crippen molar-refractivity contribution in [2.24, 2.45) is 0 Å². The average molecular weight is 388 g/mol. The molecule has 0 radical (unpaired) electrons. The zero-order valence-corrected chi connectivity index (χ0v) is 17.6. The average Bonchev–Trinajstić information content (AvgIpc) is 2.79. The predicted octanol–water partition coefficient (Wildman–Crippen LogP) is 0.227. The Balaban J connectivity index is -0.000000444. The zero-order valence-electron chi connectivity index (χ0n) is 14.5. The Bertz CT molecular complexity index is 494. The molecule has 0 fully saturated rings. The molecule has 0 atom stereocenters. The van der Waals surface area contributed by atoms with Gasteiger partial charge in [-0.2, -0.15) is 24.6 Å². The fourth-order valence-electron chi connectivity index (χ4n) is 2.43. The van der Waals surface area contributed by atoms with E-state index in [0.29, 0.717) is 6.54 Å². The van der Waals surface area contributed by atoms with Crippen LogP contribution in [0.5, 0.6) is 0 Å². The molecule has 1 nitrogen and oxygen atoms in total. The van der Waals surface area contributed by atoms with Crippen LogP contribution in [-0.4, -0.2) is 6.54 Å². The van der Waals surface area contributed by atoms with Crippen LogP contribution in [0.4, 0.5) is 0 Å². The van der Waals surface area contributed by atoms with E-state index >= 15 is 0 Å². The van der Waals surface area contributed by atoms with Gasteiger partial charge in [0.25, 0.3) is 0 Å². The zero-order chi connectivity index (χ0) is 15.0. The molecule has 1 aromatic carbocycles. The van der Waals surface area contributed by atoms with Crippen LogP contribution in [-0.2, 0) is 21.7 Å². The molecule has 0 saturated carbocycles. The summed E-state index contributed by atoms with van der Waals surface area (Å²) in [6.45, 7) is 9.20. The van der Waals surface area contributed by atoms with Gasteiger partial charge in [0.15, 0.2) is 0 Å². The number of allylic oxidation sites excluding steroid dienone is 4. The van der Waals surface area contributed by atoms with Crippen molar-refractivity contribution in [2.45, 2.75) is 47.0 Å². The first-order valence-corrected chi connectivity index (χ1v) is 7.54. The Kier molecular flexibility index (Phi) is 18.5. The van der Waals surface area contributed by atoms with E-state index in [1.54, 1.807) is 0 Å². The first kappa shape index (κ1) is 27.7. The molecule has 1 aromatic rings. The van der Waals surface area contributed by atoms with Gasteiger partial charge in [-0.3, -0.25) is 0 Å². The van der Waals surface area contributed by atoms with Crippen molar-refractivity contribution >= 4 is 5.57 Å². The smallest absolute Gasteiger partial charge is 1.00 e. The molecule has 0 amide bonds. The third kappa shape index (κ3) is 9.03. The Hall–Kier alpha value is -0.176. The topological polar surface area (TPSA) is 23.8 Å². The quantitative estimate of drug-likeness (QED) is 0.521. The fraction of sp³-hybridized carbons (Fsp3) is 0.421. The number of hydrogen-bond acceptors (Lipinski definition) is 0. The Morgan fingerprint density at radius 3 is 2.13 bits per heavy atom. The summed E-state index contributed by atoms with van der Waals surface area (Å²) in [4.78, 5) is 0. The van der Waals surface area contributed by atoms with Crippen molar-refractivity contribution < 1.29 is 46.5 Å². The molecule has 0 bridgehead atoms. The maximum atomic E-state index is 6.60. The van der Waals surface area contributed by atoms with E-state index in [0.717, 1.165) is 19.3 Å². The van der Waals surface area contributed by atoms with Gasteiger partial charge in [-0.15, -0.1) is 17.7 Å². The molecular formula is C19H27Cl2NTi-2. The molecule has 0 spiro atoms. The maximum absolute atomic E-state index is 6.60. The minimum Gasteiger partial charge on any atom is -1.00 e. The third-order valence-electron chi connectivity index (χ3n) is 3.52. The van der Waals surface area contributed by atoms with Crippen molar-refractivity contribution in [1.29, 1.82) is 0 Å². The van der Waals surface area contributed by atoms with Crippen LogP contribution < -0.4 is 24.8 Å². The van der Waals surface area contributed by atoms with Crippen LogP contribution in [0.15, 0.2) is 41.5 Å². The number of benzene rings is 1. The van der Waals surface area contributed by atoms with Crippen LogP contribution in [0, 0.1) is 6.42 Å². The van der Waals surface area contributed by atoms with E-state index in [4.69, 9.17) is 5.73 Å². The first-order chi connectivity index (χ1) is 9.63. The van der Waals surface area contributed by atoms with Crippen molar-refractivity contribution in [3.05, 3.63) is 64.8 Å². The summed E-state index contributed by atoms with van der Waals surface area (Å²) in [6.07, 6.45) is 7.80. The first-order valence-electron chi connectivity index (χ1n) is 7.54. The number of hydrogen-bond donors (Lipinski definition) is 0. The molecule has 0 aliphatic heterocycles. The normalized spacial score (nSPS) is 12.0. The van der Waals surface area contributed by atoms with E-state index < -0.39 is 0 Å². The maximum Gasteiger partial charge on any atom is 2.00 e. The summed E-state index contributed by atoms with van der Waals surface area (Å²) in [7, 11) is 0. The Morgan fingerprint density at radius 2 is 1.74 bits per heavy atom. The van der Waals surface area contributed by atoms with Crippen molar-refractivity contribution in [3.63, 3.8) is 0 Å². The third-order valence-corrected chi connectivity index (χ3v) is 3.52. The van der Waals surface area contributed by atoms with Gasteiger partial charge >= 0.3 is 21.7 Å². The number of rotatable bonds is 4. The monoisotopic (exact) mass is 387 g/mol. The van der Waals surface area contributed by atoms with Gasteiger partial charge in [-0.05, 0) is 20.3 Å². The van der Waals surface area contributed by atoms with Crippen molar-refractivity contribution in [2.75, 3.05) is 6.54 Å². The standard InChI is InChI=1S/C15H17.C4H10N.2ClH.Ti/c1-4-13-7-5-6-8-14(13)15-10-11(2)9-12(15)3;1-2-3-4-5;;;/h4-9H,10H2,1-3H3;5H,2-4H2,1H3;2*1H;/q2*-1;;;+2/p-2. The fourth-order valence-corrected chi connectivity index (χ4v) is 2.43. The van der Waals surface area contributed by atoms with Crippen LogP contribution in [0.3, 0.4) is 0 Å². The molecule has 1 N–H and O–H groups in total. The minimum atomic E-state index is 0. The van der Waals surface area contributed by atoms with Crippen LogP contribution in [0.25, 0.3) is 11.3 Å². The van der Waals surface area contributed by atoms with E-state index in [1.165, 1.54) is 27.8 Å². The molecule has 0 unspecified atom stereocenters. The second-order valence-corrected chi connectivity index (χ2v) is 5.31. The van der Waals surface area contributed by atoms with E-state index in [2.05, 4.69) is 64.5 Å². The molecular weight excluding hydrogens is 361 g/mol. The second kappa shape index (κ2) is 15.4. The molecule has 1 aliphatic rings. The molecule has 2 rings (SSSR count). The van der Waals surface area contributed by atoms with Crippen molar-refractivity contribution in [1.82, 2.24) is 0 Å². The number of nitrogens with one attached hydrogen (secondary N) is 1. The second-order valence-electron chi connectivity index (χ2n) is 5.31. The Morgan fingerprint density at radius 1 is 1.13 bits per heavy atom. The van der Waals surface area contributed by atoms with Gasteiger partial charge in [-0.25, -0.2) is 0 Å². The van der Waals surface area contributed by atoms with Gasteiger partial charge in [0, 0.05) is 0 Å². The molecule has 23 heavy (non-hydrogen) atoms. The van der Waals surface area contributed by atoms with Gasteiger partial charge in [0.05, 0.1) is 0 Å². The van der Waals surface area contributed by atoms with E-state index in [9.17, 15) is 0 Å². The van der Waals surface area contributed by atoms with Crippen LogP contribution in [0.1, 0.15) is 58.1 Å².